The quantitative estimate of drug-likeness (QED) is 0.603. The molecule has 2 heterocycles. The van der Waals surface area contributed by atoms with Crippen molar-refractivity contribution in [3.63, 3.8) is 0 Å². The van der Waals surface area contributed by atoms with Gasteiger partial charge in [0.15, 0.2) is 0 Å². The van der Waals surface area contributed by atoms with Gasteiger partial charge in [-0.2, -0.15) is 5.10 Å². The van der Waals surface area contributed by atoms with Crippen LogP contribution in [0.3, 0.4) is 0 Å². The first kappa shape index (κ1) is 21.4. The van der Waals surface area contributed by atoms with E-state index in [1.807, 2.05) is 6.07 Å². The SMILES string of the molecule is Cc1ccc(C2(C3NCCc4ccc(CNS(=O)(=O)c5cnn(C)c5)cc43)CCC2)cc1. The van der Waals surface area contributed by atoms with Crippen LogP contribution in [0, 0.1) is 6.92 Å². The van der Waals surface area contributed by atoms with Crippen LogP contribution in [0.4, 0.5) is 0 Å². The lowest BCUT2D eigenvalue weighted by atomic mass is 9.57. The van der Waals surface area contributed by atoms with Crippen LogP contribution < -0.4 is 10.0 Å². The monoisotopic (exact) mass is 450 g/mol. The highest BCUT2D eigenvalue weighted by molar-refractivity contribution is 7.89. The van der Waals surface area contributed by atoms with E-state index in [9.17, 15) is 8.42 Å². The van der Waals surface area contributed by atoms with Gasteiger partial charge >= 0.3 is 0 Å². The largest absolute Gasteiger partial charge is 0.309 e. The summed E-state index contributed by atoms with van der Waals surface area (Å²) in [6, 6.07) is 15.7. The fourth-order valence-corrected chi connectivity index (χ4v) is 6.19. The standard InChI is InChI=1S/C25H30N4O2S/c1-18-4-8-21(9-5-18)25(11-3-12-25)24-23-14-19(6-7-20(23)10-13-26-24)15-28-32(30,31)22-16-27-29(2)17-22/h4-9,14,16-17,24,26,28H,3,10-13,15H2,1-2H3. The van der Waals surface area contributed by atoms with Crippen LogP contribution in [0.5, 0.6) is 0 Å². The molecule has 32 heavy (non-hydrogen) atoms. The Labute approximate surface area is 190 Å². The number of fused-ring (bicyclic) bond motifs is 1. The molecule has 1 fully saturated rings. The van der Waals surface area contributed by atoms with Crippen molar-refractivity contribution in [1.29, 1.82) is 0 Å². The molecule has 0 radical (unpaired) electrons. The van der Waals surface area contributed by atoms with E-state index in [0.29, 0.717) is 0 Å². The summed E-state index contributed by atoms with van der Waals surface area (Å²) in [6.45, 7) is 3.36. The first-order valence-corrected chi connectivity index (χ1v) is 12.8. The Morgan fingerprint density at radius 3 is 2.62 bits per heavy atom. The number of aryl methyl sites for hydroxylation is 2. The lowest BCUT2D eigenvalue weighted by Gasteiger charge is -2.50. The van der Waals surface area contributed by atoms with Gasteiger partial charge in [0.25, 0.3) is 0 Å². The number of nitrogens with zero attached hydrogens (tertiary/aromatic N) is 2. The zero-order valence-electron chi connectivity index (χ0n) is 18.6. The van der Waals surface area contributed by atoms with Gasteiger partial charge in [0.2, 0.25) is 10.0 Å². The molecule has 0 bridgehead atoms. The minimum absolute atomic E-state index is 0.108. The molecule has 1 aromatic heterocycles. The lowest BCUT2D eigenvalue weighted by molar-refractivity contribution is 0.164. The minimum Gasteiger partial charge on any atom is -0.309 e. The summed E-state index contributed by atoms with van der Waals surface area (Å²) in [6.07, 6.45) is 7.47. The number of rotatable bonds is 6. The summed E-state index contributed by atoms with van der Waals surface area (Å²) in [4.78, 5) is 0.185. The van der Waals surface area contributed by atoms with E-state index < -0.39 is 10.0 Å². The van der Waals surface area contributed by atoms with Crippen molar-refractivity contribution in [2.24, 2.45) is 7.05 Å². The highest BCUT2D eigenvalue weighted by Crippen LogP contribution is 2.53. The molecule has 0 amide bonds. The molecule has 1 unspecified atom stereocenters. The van der Waals surface area contributed by atoms with E-state index in [2.05, 4.69) is 58.5 Å². The Balaban J connectivity index is 1.43. The number of benzene rings is 2. The van der Waals surface area contributed by atoms with E-state index in [-0.39, 0.29) is 22.9 Å². The van der Waals surface area contributed by atoms with Gasteiger partial charge in [-0.1, -0.05) is 54.4 Å². The fourth-order valence-electron chi connectivity index (χ4n) is 5.19. The van der Waals surface area contributed by atoms with Crippen molar-refractivity contribution in [1.82, 2.24) is 19.8 Å². The van der Waals surface area contributed by atoms with Crippen LogP contribution in [0.2, 0.25) is 0 Å². The van der Waals surface area contributed by atoms with Gasteiger partial charge in [-0.3, -0.25) is 4.68 Å². The van der Waals surface area contributed by atoms with Gasteiger partial charge in [0.05, 0.1) is 6.20 Å². The second-order valence-corrected chi connectivity index (χ2v) is 11.0. The second-order valence-electron chi connectivity index (χ2n) is 9.22. The minimum atomic E-state index is -3.59. The van der Waals surface area contributed by atoms with E-state index in [1.165, 1.54) is 58.6 Å². The molecule has 0 spiro atoms. The maximum atomic E-state index is 12.6. The molecule has 2 N–H and O–H groups in total. The summed E-state index contributed by atoms with van der Waals surface area (Å²) < 4.78 is 29.5. The van der Waals surface area contributed by atoms with Crippen LogP contribution in [0.1, 0.15) is 53.1 Å². The third kappa shape index (κ3) is 3.78. The lowest BCUT2D eigenvalue weighted by Crippen LogP contribution is -2.49. The molecule has 1 aliphatic heterocycles. The first-order chi connectivity index (χ1) is 15.4. The summed E-state index contributed by atoms with van der Waals surface area (Å²) in [5.41, 5.74) is 6.45. The van der Waals surface area contributed by atoms with Crippen LogP contribution in [0.25, 0.3) is 0 Å². The Bertz CT molecular complexity index is 1230. The van der Waals surface area contributed by atoms with Gasteiger partial charge in [-0.05, 0) is 55.0 Å². The molecule has 1 atom stereocenters. The van der Waals surface area contributed by atoms with Crippen LogP contribution in [0.15, 0.2) is 59.8 Å². The maximum absolute atomic E-state index is 12.6. The molecule has 0 saturated heterocycles. The van der Waals surface area contributed by atoms with E-state index in [1.54, 1.807) is 7.05 Å². The van der Waals surface area contributed by atoms with Crippen molar-refractivity contribution in [3.8, 4) is 0 Å². The number of sulfonamides is 1. The van der Waals surface area contributed by atoms with Crippen molar-refractivity contribution < 1.29 is 8.42 Å². The number of hydrogen-bond donors (Lipinski definition) is 2. The van der Waals surface area contributed by atoms with E-state index >= 15 is 0 Å². The van der Waals surface area contributed by atoms with Crippen LogP contribution >= 0.6 is 0 Å². The molecule has 7 heteroatoms. The molecule has 168 valence electrons. The molecule has 2 aromatic carbocycles. The van der Waals surface area contributed by atoms with Crippen molar-refractivity contribution >= 4 is 10.0 Å². The average Bonchev–Trinajstić information content (AvgIpc) is 3.20. The Hall–Kier alpha value is -2.48. The Morgan fingerprint density at radius 2 is 1.97 bits per heavy atom. The van der Waals surface area contributed by atoms with Gasteiger partial charge in [-0.15, -0.1) is 0 Å². The third-order valence-corrected chi connectivity index (χ3v) is 8.50. The van der Waals surface area contributed by atoms with E-state index in [0.717, 1.165) is 18.5 Å². The van der Waals surface area contributed by atoms with Gasteiger partial charge in [0, 0.05) is 31.2 Å². The average molecular weight is 451 g/mol. The molecule has 6 nitrogen and oxygen atoms in total. The molecular weight excluding hydrogens is 420 g/mol. The van der Waals surface area contributed by atoms with Crippen LogP contribution in [-0.4, -0.2) is 24.7 Å². The van der Waals surface area contributed by atoms with Crippen molar-refractivity contribution in [2.75, 3.05) is 6.54 Å². The summed E-state index contributed by atoms with van der Waals surface area (Å²) in [7, 11) is -1.88. The summed E-state index contributed by atoms with van der Waals surface area (Å²) in [5.74, 6) is 0. The number of hydrogen-bond acceptors (Lipinski definition) is 4. The highest BCUT2D eigenvalue weighted by Gasteiger charge is 2.47. The van der Waals surface area contributed by atoms with Crippen molar-refractivity contribution in [2.45, 2.75) is 55.5 Å². The second kappa shape index (κ2) is 8.14. The van der Waals surface area contributed by atoms with Gasteiger partial charge in [-0.25, -0.2) is 13.1 Å². The highest BCUT2D eigenvalue weighted by atomic mass is 32.2. The molecule has 1 aliphatic carbocycles. The Morgan fingerprint density at radius 1 is 1.19 bits per heavy atom. The van der Waals surface area contributed by atoms with Crippen LogP contribution in [-0.2, 0) is 35.5 Å². The predicted octanol–water partition coefficient (Wildman–Crippen LogP) is 3.52. The molecular formula is C25H30N4O2S. The first-order valence-electron chi connectivity index (χ1n) is 11.3. The zero-order chi connectivity index (χ0) is 22.3. The van der Waals surface area contributed by atoms with Gasteiger partial charge in [0.1, 0.15) is 4.90 Å². The maximum Gasteiger partial charge on any atom is 0.243 e. The Kier molecular flexibility index (Phi) is 5.43. The third-order valence-electron chi connectivity index (χ3n) is 7.15. The van der Waals surface area contributed by atoms with E-state index in [4.69, 9.17) is 0 Å². The smallest absolute Gasteiger partial charge is 0.243 e. The summed E-state index contributed by atoms with van der Waals surface area (Å²) >= 11 is 0. The fraction of sp³-hybridized carbons (Fsp3) is 0.400. The topological polar surface area (TPSA) is 76.0 Å². The molecule has 2 aliphatic rings. The predicted molar refractivity (Wildman–Crippen MR) is 125 cm³/mol. The zero-order valence-corrected chi connectivity index (χ0v) is 19.5. The number of aromatic nitrogens is 2. The molecule has 1 saturated carbocycles. The normalized spacial score (nSPS) is 19.9. The number of nitrogens with one attached hydrogen (secondary N) is 2. The molecule has 3 aromatic rings. The van der Waals surface area contributed by atoms with Crippen molar-refractivity contribution in [3.05, 3.63) is 82.7 Å². The summed E-state index contributed by atoms with van der Waals surface area (Å²) in [5, 5.41) is 7.78. The van der Waals surface area contributed by atoms with Gasteiger partial charge < -0.3 is 5.32 Å². The molecule has 5 rings (SSSR count).